The van der Waals surface area contributed by atoms with Gasteiger partial charge < -0.3 is 15.0 Å². The van der Waals surface area contributed by atoms with Gasteiger partial charge in [0.1, 0.15) is 5.75 Å². The maximum atomic E-state index is 13.0. The molecule has 2 aromatic rings. The Morgan fingerprint density at radius 3 is 2.34 bits per heavy atom. The number of carbonyl (C=O) groups is 1. The summed E-state index contributed by atoms with van der Waals surface area (Å²) in [6, 6.07) is 14.5. The maximum absolute atomic E-state index is 13.0. The molecule has 2 aromatic carbocycles. The number of nitrogens with one attached hydrogen (secondary N) is 1. The summed E-state index contributed by atoms with van der Waals surface area (Å²) in [5, 5.41) is 2.98. The van der Waals surface area contributed by atoms with E-state index in [1.54, 1.807) is 24.3 Å². The predicted molar refractivity (Wildman–Crippen MR) is 126 cm³/mol. The number of carbonyl (C=O) groups excluding carboxylic acids is 1. The molecule has 0 bridgehead atoms. The number of amides is 1. The molecule has 0 saturated carbocycles. The number of hydrogen-bond donors (Lipinski definition) is 1. The van der Waals surface area contributed by atoms with E-state index in [1.807, 2.05) is 12.1 Å². The van der Waals surface area contributed by atoms with E-state index in [9.17, 15) is 13.2 Å². The van der Waals surface area contributed by atoms with Crippen molar-refractivity contribution in [2.45, 2.75) is 38.1 Å². The summed E-state index contributed by atoms with van der Waals surface area (Å²) in [4.78, 5) is 15.3. The second-order valence-corrected chi connectivity index (χ2v) is 9.87. The van der Waals surface area contributed by atoms with E-state index in [1.165, 1.54) is 11.4 Å². The van der Waals surface area contributed by atoms with Crippen LogP contribution >= 0.6 is 0 Å². The number of benzene rings is 2. The molecule has 7 nitrogen and oxygen atoms in total. The van der Waals surface area contributed by atoms with E-state index in [0.717, 1.165) is 24.3 Å². The van der Waals surface area contributed by atoms with Crippen molar-refractivity contribution in [3.05, 3.63) is 54.1 Å². The van der Waals surface area contributed by atoms with Gasteiger partial charge in [-0.3, -0.25) is 4.79 Å². The Balaban J connectivity index is 1.59. The van der Waals surface area contributed by atoms with Crippen LogP contribution in [0.25, 0.3) is 0 Å². The quantitative estimate of drug-likeness (QED) is 0.623. The van der Waals surface area contributed by atoms with Gasteiger partial charge in [0, 0.05) is 38.4 Å². The van der Waals surface area contributed by atoms with Crippen molar-refractivity contribution in [3.8, 4) is 5.75 Å². The molecular weight excluding hydrogens is 426 g/mol. The first kappa shape index (κ1) is 24.1. The molecule has 1 fully saturated rings. The van der Waals surface area contributed by atoms with E-state index in [0.29, 0.717) is 31.7 Å². The average Bonchev–Trinajstić information content (AvgIpc) is 2.84. The summed E-state index contributed by atoms with van der Waals surface area (Å²) in [6.45, 7) is 7.19. The topological polar surface area (TPSA) is 79.0 Å². The van der Waals surface area contributed by atoms with Gasteiger partial charge >= 0.3 is 0 Å². The number of nitrogens with zero attached hydrogens (tertiary/aromatic N) is 2. The van der Waals surface area contributed by atoms with Gasteiger partial charge in [-0.05, 0) is 68.7 Å². The molecule has 0 spiro atoms. The van der Waals surface area contributed by atoms with Gasteiger partial charge in [0.15, 0.2) is 0 Å². The van der Waals surface area contributed by atoms with Crippen LogP contribution in [0.5, 0.6) is 5.75 Å². The Kier molecular flexibility index (Phi) is 8.15. The fraction of sp³-hybridized carbons (Fsp3) is 0.458. The summed E-state index contributed by atoms with van der Waals surface area (Å²) in [5.41, 5.74) is 2.18. The standard InChI is InChI=1S/C24H33N3O4S/c1-4-26(5-2)21-10-8-19(9-11-21)17-25-24(28)20-7-6-16-27(18-20)32(29,30)23-14-12-22(31-3)13-15-23/h8-15,20H,4-7,16-18H2,1-3H3,(H,25,28)/t20-/m0/s1. The third kappa shape index (κ3) is 5.61. The minimum absolute atomic E-state index is 0.104. The Morgan fingerprint density at radius 1 is 1.09 bits per heavy atom. The van der Waals surface area contributed by atoms with Crippen LogP contribution in [-0.2, 0) is 21.4 Å². The monoisotopic (exact) mass is 459 g/mol. The lowest BCUT2D eigenvalue weighted by Gasteiger charge is -2.31. The highest BCUT2D eigenvalue weighted by atomic mass is 32.2. The van der Waals surface area contributed by atoms with Crippen molar-refractivity contribution in [1.82, 2.24) is 9.62 Å². The smallest absolute Gasteiger partial charge is 0.243 e. The van der Waals surface area contributed by atoms with Gasteiger partial charge in [-0.2, -0.15) is 4.31 Å². The van der Waals surface area contributed by atoms with Crippen LogP contribution in [-0.4, -0.2) is 51.9 Å². The SMILES string of the molecule is CCN(CC)c1ccc(CNC(=O)[C@H]2CCCN(S(=O)(=O)c3ccc(OC)cc3)C2)cc1. The Morgan fingerprint density at radius 2 is 1.75 bits per heavy atom. The average molecular weight is 460 g/mol. The molecule has 1 amide bonds. The zero-order chi connectivity index (χ0) is 23.1. The molecule has 32 heavy (non-hydrogen) atoms. The second-order valence-electron chi connectivity index (χ2n) is 7.93. The summed E-state index contributed by atoms with van der Waals surface area (Å²) in [7, 11) is -2.11. The zero-order valence-corrected chi connectivity index (χ0v) is 19.9. The number of methoxy groups -OCH3 is 1. The molecule has 1 atom stereocenters. The van der Waals surface area contributed by atoms with Crippen molar-refractivity contribution < 1.29 is 17.9 Å². The number of hydrogen-bond acceptors (Lipinski definition) is 5. The van der Waals surface area contributed by atoms with Gasteiger partial charge in [-0.15, -0.1) is 0 Å². The molecule has 174 valence electrons. The van der Waals surface area contributed by atoms with Gasteiger partial charge in [0.25, 0.3) is 0 Å². The van der Waals surface area contributed by atoms with Gasteiger partial charge in [0.2, 0.25) is 15.9 Å². The van der Waals surface area contributed by atoms with Crippen LogP contribution in [0.1, 0.15) is 32.3 Å². The second kappa shape index (κ2) is 10.8. The molecule has 0 unspecified atom stereocenters. The fourth-order valence-electron chi connectivity index (χ4n) is 4.02. The predicted octanol–water partition coefficient (Wildman–Crippen LogP) is 3.26. The number of piperidine rings is 1. The van der Waals surface area contributed by atoms with Crippen molar-refractivity contribution >= 4 is 21.6 Å². The lowest BCUT2D eigenvalue weighted by molar-refractivity contribution is -0.126. The summed E-state index contributed by atoms with van der Waals surface area (Å²) in [5.74, 6) is 0.143. The first-order chi connectivity index (χ1) is 15.4. The summed E-state index contributed by atoms with van der Waals surface area (Å²) >= 11 is 0. The van der Waals surface area contributed by atoms with Crippen molar-refractivity contribution in [2.24, 2.45) is 5.92 Å². The Labute approximate surface area is 191 Å². The minimum atomic E-state index is -3.65. The van der Waals surface area contributed by atoms with E-state index in [4.69, 9.17) is 4.74 Å². The zero-order valence-electron chi connectivity index (χ0n) is 19.1. The van der Waals surface area contributed by atoms with E-state index in [-0.39, 0.29) is 23.3 Å². The fourth-order valence-corrected chi connectivity index (χ4v) is 5.54. The summed E-state index contributed by atoms with van der Waals surface area (Å²) < 4.78 is 32.6. The molecule has 8 heteroatoms. The first-order valence-corrected chi connectivity index (χ1v) is 12.6. The van der Waals surface area contributed by atoms with Crippen molar-refractivity contribution in [3.63, 3.8) is 0 Å². The highest BCUT2D eigenvalue weighted by Gasteiger charge is 2.33. The number of ether oxygens (including phenoxy) is 1. The number of anilines is 1. The van der Waals surface area contributed by atoms with E-state index < -0.39 is 10.0 Å². The highest BCUT2D eigenvalue weighted by Crippen LogP contribution is 2.25. The van der Waals surface area contributed by atoms with E-state index >= 15 is 0 Å². The van der Waals surface area contributed by atoms with Gasteiger partial charge in [-0.1, -0.05) is 12.1 Å². The third-order valence-corrected chi connectivity index (χ3v) is 7.86. The lowest BCUT2D eigenvalue weighted by Crippen LogP contribution is -2.45. The minimum Gasteiger partial charge on any atom is -0.497 e. The van der Waals surface area contributed by atoms with E-state index in [2.05, 4.69) is 36.2 Å². The molecule has 0 radical (unpaired) electrons. The molecule has 1 heterocycles. The van der Waals surface area contributed by atoms with Crippen LogP contribution in [0.4, 0.5) is 5.69 Å². The van der Waals surface area contributed by atoms with Gasteiger partial charge in [-0.25, -0.2) is 8.42 Å². The Hall–Kier alpha value is -2.58. The molecular formula is C24H33N3O4S. The van der Waals surface area contributed by atoms with Crippen LogP contribution < -0.4 is 15.0 Å². The molecule has 1 saturated heterocycles. The third-order valence-electron chi connectivity index (χ3n) is 5.98. The molecule has 0 aliphatic carbocycles. The van der Waals surface area contributed by atoms with Gasteiger partial charge in [0.05, 0.1) is 17.9 Å². The molecule has 3 rings (SSSR count). The maximum Gasteiger partial charge on any atom is 0.243 e. The van der Waals surface area contributed by atoms with Crippen LogP contribution in [0.3, 0.4) is 0 Å². The molecule has 1 aliphatic rings. The molecule has 0 aromatic heterocycles. The molecule has 1 N–H and O–H groups in total. The number of sulfonamides is 1. The highest BCUT2D eigenvalue weighted by molar-refractivity contribution is 7.89. The van der Waals surface area contributed by atoms with Crippen LogP contribution in [0.15, 0.2) is 53.4 Å². The number of rotatable bonds is 9. The molecule has 1 aliphatic heterocycles. The van der Waals surface area contributed by atoms with Crippen molar-refractivity contribution in [1.29, 1.82) is 0 Å². The van der Waals surface area contributed by atoms with Crippen LogP contribution in [0, 0.1) is 5.92 Å². The normalized spacial score (nSPS) is 17.0. The van der Waals surface area contributed by atoms with Crippen molar-refractivity contribution in [2.75, 3.05) is 38.2 Å². The van der Waals surface area contributed by atoms with Crippen LogP contribution in [0.2, 0.25) is 0 Å². The summed E-state index contributed by atoms with van der Waals surface area (Å²) in [6.07, 6.45) is 1.34. The lowest BCUT2D eigenvalue weighted by atomic mass is 9.98. The first-order valence-electron chi connectivity index (χ1n) is 11.1. The largest absolute Gasteiger partial charge is 0.497 e. The Bertz CT molecular complexity index is 987.